The van der Waals surface area contributed by atoms with Gasteiger partial charge in [0.25, 0.3) is 11.8 Å². The average molecular weight is 772 g/mol. The molecular formula is C53H33N5O2. The second-order valence-corrected chi connectivity index (χ2v) is 14.7. The highest BCUT2D eigenvalue weighted by Gasteiger charge is 2.40. The van der Waals surface area contributed by atoms with Gasteiger partial charge in [0.15, 0.2) is 17.5 Å². The zero-order valence-corrected chi connectivity index (χ0v) is 32.1. The lowest BCUT2D eigenvalue weighted by Crippen LogP contribution is -2.30. The second-order valence-electron chi connectivity index (χ2n) is 14.7. The molecule has 7 nitrogen and oxygen atoms in total. The van der Waals surface area contributed by atoms with Crippen LogP contribution in [0.5, 0.6) is 0 Å². The van der Waals surface area contributed by atoms with E-state index in [2.05, 4.69) is 16.7 Å². The highest BCUT2D eigenvalue weighted by molar-refractivity contribution is 6.37. The Morgan fingerprint density at radius 3 is 1.47 bits per heavy atom. The summed E-state index contributed by atoms with van der Waals surface area (Å²) in [5.41, 5.74) is 9.91. The molecule has 1 aliphatic heterocycles. The number of aromatic nitrogens is 4. The molecule has 10 aromatic rings. The first-order valence-corrected chi connectivity index (χ1v) is 19.8. The molecule has 0 bridgehead atoms. The van der Waals surface area contributed by atoms with Crippen LogP contribution in [0.1, 0.15) is 20.7 Å². The summed E-state index contributed by atoms with van der Waals surface area (Å²) in [5.74, 6) is 0.979. The third-order valence-corrected chi connectivity index (χ3v) is 11.2. The largest absolute Gasteiger partial charge is 0.308 e. The Bertz CT molecular complexity index is 3230. The minimum atomic E-state index is -0.373. The molecule has 7 heteroatoms. The smallest absolute Gasteiger partial charge is 0.268 e. The van der Waals surface area contributed by atoms with Crippen LogP contribution in [-0.4, -0.2) is 31.3 Å². The van der Waals surface area contributed by atoms with Gasteiger partial charge >= 0.3 is 0 Å². The molecule has 8 aromatic carbocycles. The number of rotatable bonds is 7. The predicted octanol–water partition coefficient (Wildman–Crippen LogP) is 12.1. The first-order chi connectivity index (χ1) is 29.6. The highest BCUT2D eigenvalue weighted by atomic mass is 16.2. The zero-order chi connectivity index (χ0) is 40.2. The van der Waals surface area contributed by atoms with Gasteiger partial charge in [-0.3, -0.25) is 9.59 Å². The van der Waals surface area contributed by atoms with E-state index in [0.29, 0.717) is 40.0 Å². The minimum absolute atomic E-state index is 0.357. The highest BCUT2D eigenvalue weighted by Crippen LogP contribution is 2.44. The Morgan fingerprint density at radius 1 is 0.333 bits per heavy atom. The van der Waals surface area contributed by atoms with Crippen LogP contribution < -0.4 is 4.90 Å². The number of benzene rings is 8. The van der Waals surface area contributed by atoms with E-state index < -0.39 is 0 Å². The third kappa shape index (κ3) is 5.71. The van der Waals surface area contributed by atoms with Crippen molar-refractivity contribution in [1.29, 1.82) is 0 Å². The van der Waals surface area contributed by atoms with Crippen LogP contribution in [0.4, 0.5) is 5.69 Å². The zero-order valence-electron chi connectivity index (χ0n) is 32.1. The maximum Gasteiger partial charge on any atom is 0.268 e. The van der Waals surface area contributed by atoms with Gasteiger partial charge in [0.05, 0.1) is 33.5 Å². The van der Waals surface area contributed by atoms with Crippen LogP contribution in [0.25, 0.3) is 83.9 Å². The van der Waals surface area contributed by atoms with Crippen LogP contribution in [-0.2, 0) is 0 Å². The van der Waals surface area contributed by atoms with Crippen molar-refractivity contribution >= 4 is 39.3 Å². The summed E-state index contributed by atoms with van der Waals surface area (Å²) in [6.45, 7) is 0. The maximum absolute atomic E-state index is 15.0. The fraction of sp³-hybridized carbons (Fsp3) is 0. The molecule has 3 heterocycles. The van der Waals surface area contributed by atoms with Crippen LogP contribution >= 0.6 is 0 Å². The van der Waals surface area contributed by atoms with Crippen LogP contribution in [0, 0.1) is 0 Å². The number of imide groups is 1. The molecule has 0 radical (unpaired) electrons. The number of carbonyl (C=O) groups is 2. The summed E-state index contributed by atoms with van der Waals surface area (Å²) in [6, 6.07) is 65.5. The summed E-state index contributed by atoms with van der Waals surface area (Å²) in [4.78, 5) is 45.9. The lowest BCUT2D eigenvalue weighted by atomic mass is 9.92. The summed E-state index contributed by atoms with van der Waals surface area (Å²) in [6.07, 6.45) is 0. The summed E-state index contributed by atoms with van der Waals surface area (Å²) in [5, 5.41) is 1.95. The Hall–Kier alpha value is -8.29. The van der Waals surface area contributed by atoms with E-state index in [-0.39, 0.29) is 11.8 Å². The van der Waals surface area contributed by atoms with E-state index in [9.17, 15) is 4.79 Å². The van der Waals surface area contributed by atoms with E-state index in [0.717, 1.165) is 60.8 Å². The fourth-order valence-corrected chi connectivity index (χ4v) is 8.47. The van der Waals surface area contributed by atoms with Gasteiger partial charge in [0.2, 0.25) is 0 Å². The van der Waals surface area contributed by atoms with Gasteiger partial charge in [-0.15, -0.1) is 0 Å². The molecule has 0 aliphatic carbocycles. The molecule has 0 unspecified atom stereocenters. The number of carbonyl (C=O) groups excluding carboxylic acids is 2. The van der Waals surface area contributed by atoms with E-state index in [1.54, 1.807) is 6.07 Å². The van der Waals surface area contributed by atoms with E-state index in [4.69, 9.17) is 15.0 Å². The molecule has 0 saturated heterocycles. The molecule has 0 saturated carbocycles. The minimum Gasteiger partial charge on any atom is -0.308 e. The number of para-hydroxylation sites is 1. The quantitative estimate of drug-likeness (QED) is 0.151. The molecule has 0 spiro atoms. The predicted molar refractivity (Wildman–Crippen MR) is 239 cm³/mol. The topological polar surface area (TPSA) is 81.0 Å². The van der Waals surface area contributed by atoms with Crippen molar-refractivity contribution in [2.24, 2.45) is 0 Å². The van der Waals surface area contributed by atoms with Gasteiger partial charge in [-0.05, 0) is 59.2 Å². The number of fused-ring (bicyclic) bond motifs is 4. The van der Waals surface area contributed by atoms with Gasteiger partial charge in [0.1, 0.15) is 0 Å². The number of hydrogen-bond donors (Lipinski definition) is 0. The molecular weight excluding hydrogens is 739 g/mol. The average Bonchev–Trinajstić information content (AvgIpc) is 3.79. The first kappa shape index (κ1) is 34.9. The van der Waals surface area contributed by atoms with Gasteiger partial charge < -0.3 is 4.57 Å². The Kier molecular flexibility index (Phi) is 8.30. The molecule has 282 valence electrons. The molecule has 11 rings (SSSR count). The lowest BCUT2D eigenvalue weighted by Gasteiger charge is -2.22. The normalized spacial score (nSPS) is 12.4. The van der Waals surface area contributed by atoms with Crippen molar-refractivity contribution in [1.82, 2.24) is 19.5 Å². The Morgan fingerprint density at radius 2 is 0.833 bits per heavy atom. The van der Waals surface area contributed by atoms with Crippen molar-refractivity contribution in [2.75, 3.05) is 4.90 Å². The third-order valence-electron chi connectivity index (χ3n) is 11.2. The van der Waals surface area contributed by atoms with Crippen LogP contribution in [0.2, 0.25) is 0 Å². The van der Waals surface area contributed by atoms with E-state index in [1.807, 2.05) is 182 Å². The number of nitrogens with zero attached hydrogens (tertiary/aromatic N) is 5. The Labute approximate surface area is 345 Å². The molecule has 1 aliphatic rings. The van der Waals surface area contributed by atoms with Gasteiger partial charge in [-0.25, -0.2) is 19.9 Å². The molecule has 2 amide bonds. The molecule has 0 N–H and O–H groups in total. The van der Waals surface area contributed by atoms with Gasteiger partial charge in [-0.2, -0.15) is 0 Å². The lowest BCUT2D eigenvalue weighted by molar-refractivity contribution is 0.0926. The fourth-order valence-electron chi connectivity index (χ4n) is 8.47. The second kappa shape index (κ2) is 14.3. The summed E-state index contributed by atoms with van der Waals surface area (Å²) < 4.78 is 2.10. The van der Waals surface area contributed by atoms with Gasteiger partial charge in [-0.1, -0.05) is 158 Å². The summed E-state index contributed by atoms with van der Waals surface area (Å²) >= 11 is 0. The SMILES string of the molecule is O=C1c2cccc(-n3c4ccccc4c4cc(-c5nc(-c6ccccc6)nc(-c6ccccc6)n5)ccc43)c2C(=O)N1c1cccc(-c2ccccc2)c1-c1ccccc1. The number of anilines is 1. The molecule has 0 fully saturated rings. The van der Waals surface area contributed by atoms with Crippen LogP contribution in [0.15, 0.2) is 200 Å². The van der Waals surface area contributed by atoms with Crippen molar-refractivity contribution in [3.63, 3.8) is 0 Å². The van der Waals surface area contributed by atoms with Crippen molar-refractivity contribution in [3.05, 3.63) is 211 Å². The maximum atomic E-state index is 15.0. The van der Waals surface area contributed by atoms with Crippen molar-refractivity contribution < 1.29 is 9.59 Å². The Balaban J connectivity index is 1.07. The molecule has 60 heavy (non-hydrogen) atoms. The first-order valence-electron chi connectivity index (χ1n) is 19.8. The van der Waals surface area contributed by atoms with Crippen LogP contribution in [0.3, 0.4) is 0 Å². The molecule has 0 atom stereocenters. The molecule has 2 aromatic heterocycles. The standard InChI is InChI=1S/C53H33N5O2/c59-52-41-27-16-30-46(48(41)53(60)58(52)45-29-15-26-39(34-17-5-1-6-18-34)47(45)35-19-7-2-8-20-35)57-43-28-14-13-25-40(43)42-33-38(31-32-44(42)57)51-55-49(36-21-9-3-10-22-36)54-50(56-51)37-23-11-4-12-24-37/h1-33H. The van der Waals surface area contributed by atoms with Gasteiger partial charge in [0, 0.05) is 33.0 Å². The van der Waals surface area contributed by atoms with Crippen molar-refractivity contribution in [2.45, 2.75) is 0 Å². The van der Waals surface area contributed by atoms with Crippen molar-refractivity contribution in [3.8, 4) is 62.1 Å². The van der Waals surface area contributed by atoms with E-state index in [1.165, 1.54) is 4.90 Å². The number of hydrogen-bond acceptors (Lipinski definition) is 5. The number of amides is 2. The summed E-state index contributed by atoms with van der Waals surface area (Å²) in [7, 11) is 0. The van der Waals surface area contributed by atoms with E-state index >= 15 is 4.79 Å². The monoisotopic (exact) mass is 771 g/mol.